The van der Waals surface area contributed by atoms with E-state index < -0.39 is 0 Å². The fourth-order valence-electron chi connectivity index (χ4n) is 2.43. The van der Waals surface area contributed by atoms with Crippen LogP contribution in [0.3, 0.4) is 0 Å². The van der Waals surface area contributed by atoms with Crippen LogP contribution in [-0.4, -0.2) is 34.6 Å². The number of likely N-dealkylation sites (N-methyl/N-ethyl adjacent to an activating group) is 1. The first-order chi connectivity index (χ1) is 8.31. The lowest BCUT2D eigenvalue weighted by molar-refractivity contribution is -0.121. The Labute approximate surface area is 102 Å². The van der Waals surface area contributed by atoms with E-state index >= 15 is 0 Å². The van der Waals surface area contributed by atoms with E-state index in [1.54, 1.807) is 6.20 Å². The van der Waals surface area contributed by atoms with Crippen molar-refractivity contribution in [2.45, 2.75) is 38.3 Å². The second-order valence-corrected chi connectivity index (χ2v) is 4.46. The van der Waals surface area contributed by atoms with Crippen LogP contribution in [0.2, 0.25) is 0 Å². The minimum atomic E-state index is 0.0869. The van der Waals surface area contributed by atoms with Crippen LogP contribution >= 0.6 is 0 Å². The zero-order valence-electron chi connectivity index (χ0n) is 10.2. The number of nitrogens with one attached hydrogen (secondary N) is 2. The number of carbonyl (C=O) groups excluding carboxylic acids is 1. The summed E-state index contributed by atoms with van der Waals surface area (Å²) in [7, 11) is 0. The molecule has 0 aromatic carbocycles. The summed E-state index contributed by atoms with van der Waals surface area (Å²) in [5.74, 6) is 0.0869. The molecule has 17 heavy (non-hydrogen) atoms. The van der Waals surface area contributed by atoms with Crippen LogP contribution in [0.15, 0.2) is 18.7 Å². The molecular formula is C12H20N4O. The largest absolute Gasteiger partial charge is 0.350 e. The van der Waals surface area contributed by atoms with Crippen molar-refractivity contribution in [3.8, 4) is 0 Å². The molecule has 2 rings (SSSR count). The normalized spacial score (nSPS) is 23.8. The van der Waals surface area contributed by atoms with Crippen LogP contribution in [0.5, 0.6) is 0 Å². The summed E-state index contributed by atoms with van der Waals surface area (Å²) in [6, 6.07) is 0.610. The van der Waals surface area contributed by atoms with Gasteiger partial charge in [0, 0.05) is 18.4 Å². The summed E-state index contributed by atoms with van der Waals surface area (Å²) in [4.78, 5) is 15.7. The van der Waals surface area contributed by atoms with Crippen molar-refractivity contribution in [2.24, 2.45) is 0 Å². The summed E-state index contributed by atoms with van der Waals surface area (Å²) in [6.07, 6.45) is 8.92. The smallest absolute Gasteiger partial charge is 0.234 e. The van der Waals surface area contributed by atoms with Gasteiger partial charge < -0.3 is 15.2 Å². The van der Waals surface area contributed by atoms with E-state index in [0.29, 0.717) is 12.6 Å². The highest BCUT2D eigenvalue weighted by atomic mass is 16.2. The van der Waals surface area contributed by atoms with Crippen LogP contribution in [0, 0.1) is 0 Å². The van der Waals surface area contributed by atoms with Crippen LogP contribution in [0.4, 0.5) is 0 Å². The molecule has 0 saturated heterocycles. The standard InChI is InChI=1S/C12H20N4O/c1-2-13-8-12(17)15-10-4-3-5-11(10)16-7-6-14-9-16/h6-7,9-11,13H,2-5,8H2,1H3,(H,15,17). The van der Waals surface area contributed by atoms with E-state index in [-0.39, 0.29) is 11.9 Å². The monoisotopic (exact) mass is 236 g/mol. The summed E-state index contributed by atoms with van der Waals surface area (Å²) >= 11 is 0. The van der Waals surface area contributed by atoms with Gasteiger partial charge in [-0.3, -0.25) is 4.79 Å². The van der Waals surface area contributed by atoms with E-state index in [0.717, 1.165) is 25.8 Å². The number of hydrogen-bond donors (Lipinski definition) is 2. The van der Waals surface area contributed by atoms with Gasteiger partial charge in [0.25, 0.3) is 0 Å². The molecule has 0 spiro atoms. The third-order valence-electron chi connectivity index (χ3n) is 3.27. The Morgan fingerprint density at radius 1 is 1.53 bits per heavy atom. The Balaban J connectivity index is 1.89. The van der Waals surface area contributed by atoms with Crippen molar-refractivity contribution in [3.63, 3.8) is 0 Å². The molecule has 0 radical (unpaired) electrons. The number of hydrogen-bond acceptors (Lipinski definition) is 3. The summed E-state index contributed by atoms with van der Waals surface area (Å²) < 4.78 is 2.10. The van der Waals surface area contributed by atoms with Crippen LogP contribution in [-0.2, 0) is 4.79 Å². The van der Waals surface area contributed by atoms with Crippen molar-refractivity contribution < 1.29 is 4.79 Å². The highest BCUT2D eigenvalue weighted by molar-refractivity contribution is 5.78. The Hall–Kier alpha value is -1.36. The minimum absolute atomic E-state index is 0.0869. The predicted molar refractivity (Wildman–Crippen MR) is 65.6 cm³/mol. The van der Waals surface area contributed by atoms with E-state index in [9.17, 15) is 4.79 Å². The second kappa shape index (κ2) is 5.82. The number of amides is 1. The molecule has 2 N–H and O–H groups in total. The van der Waals surface area contributed by atoms with Crippen molar-refractivity contribution in [2.75, 3.05) is 13.1 Å². The first-order valence-electron chi connectivity index (χ1n) is 6.28. The minimum Gasteiger partial charge on any atom is -0.350 e. The number of carbonyl (C=O) groups is 1. The average molecular weight is 236 g/mol. The Morgan fingerprint density at radius 3 is 3.12 bits per heavy atom. The molecule has 0 aliphatic heterocycles. The molecule has 1 aliphatic rings. The zero-order valence-corrected chi connectivity index (χ0v) is 10.2. The fourth-order valence-corrected chi connectivity index (χ4v) is 2.43. The Morgan fingerprint density at radius 2 is 2.41 bits per heavy atom. The second-order valence-electron chi connectivity index (χ2n) is 4.46. The van der Waals surface area contributed by atoms with Crippen LogP contribution in [0.1, 0.15) is 32.2 Å². The van der Waals surface area contributed by atoms with Gasteiger partial charge in [0.2, 0.25) is 5.91 Å². The molecule has 1 aliphatic carbocycles. The van der Waals surface area contributed by atoms with E-state index in [1.807, 2.05) is 19.4 Å². The van der Waals surface area contributed by atoms with Crippen LogP contribution < -0.4 is 10.6 Å². The summed E-state index contributed by atoms with van der Waals surface area (Å²) in [5, 5.41) is 6.14. The highest BCUT2D eigenvalue weighted by Crippen LogP contribution is 2.29. The van der Waals surface area contributed by atoms with Gasteiger partial charge in [-0.2, -0.15) is 0 Å². The number of rotatable bonds is 5. The summed E-state index contributed by atoms with van der Waals surface area (Å²) in [6.45, 7) is 3.23. The first kappa shape index (κ1) is 12.1. The molecule has 1 saturated carbocycles. The molecule has 2 atom stereocenters. The molecule has 1 aromatic rings. The third kappa shape index (κ3) is 3.06. The fraction of sp³-hybridized carbons (Fsp3) is 0.667. The molecule has 2 unspecified atom stereocenters. The maximum absolute atomic E-state index is 11.7. The third-order valence-corrected chi connectivity index (χ3v) is 3.27. The lowest BCUT2D eigenvalue weighted by Gasteiger charge is -2.22. The lowest BCUT2D eigenvalue weighted by Crippen LogP contribution is -2.42. The predicted octanol–water partition coefficient (Wildman–Crippen LogP) is 0.702. The van der Waals surface area contributed by atoms with Gasteiger partial charge in [-0.05, 0) is 25.8 Å². The Kier molecular flexibility index (Phi) is 4.14. The van der Waals surface area contributed by atoms with Gasteiger partial charge in [0.15, 0.2) is 0 Å². The van der Waals surface area contributed by atoms with Crippen molar-refractivity contribution >= 4 is 5.91 Å². The van der Waals surface area contributed by atoms with Gasteiger partial charge in [0.05, 0.1) is 18.9 Å². The first-order valence-corrected chi connectivity index (χ1v) is 6.28. The maximum atomic E-state index is 11.7. The zero-order chi connectivity index (χ0) is 12.1. The molecular weight excluding hydrogens is 216 g/mol. The van der Waals surface area contributed by atoms with Gasteiger partial charge >= 0.3 is 0 Å². The number of nitrogens with zero attached hydrogens (tertiary/aromatic N) is 2. The number of aromatic nitrogens is 2. The SMILES string of the molecule is CCNCC(=O)NC1CCCC1n1ccnc1. The molecule has 1 aromatic heterocycles. The van der Waals surface area contributed by atoms with Crippen molar-refractivity contribution in [3.05, 3.63) is 18.7 Å². The molecule has 94 valence electrons. The molecule has 1 fully saturated rings. The molecule has 0 bridgehead atoms. The summed E-state index contributed by atoms with van der Waals surface area (Å²) in [5.41, 5.74) is 0. The quantitative estimate of drug-likeness (QED) is 0.791. The Bertz CT molecular complexity index is 349. The molecule has 5 heteroatoms. The van der Waals surface area contributed by atoms with Gasteiger partial charge in [-0.1, -0.05) is 6.92 Å². The lowest BCUT2D eigenvalue weighted by atomic mass is 10.1. The maximum Gasteiger partial charge on any atom is 0.234 e. The number of imidazole rings is 1. The molecule has 1 heterocycles. The van der Waals surface area contributed by atoms with E-state index in [4.69, 9.17) is 0 Å². The van der Waals surface area contributed by atoms with Gasteiger partial charge in [-0.15, -0.1) is 0 Å². The molecule has 1 amide bonds. The van der Waals surface area contributed by atoms with Gasteiger partial charge in [0.1, 0.15) is 0 Å². The highest BCUT2D eigenvalue weighted by Gasteiger charge is 2.29. The molecule has 5 nitrogen and oxygen atoms in total. The van der Waals surface area contributed by atoms with Crippen molar-refractivity contribution in [1.29, 1.82) is 0 Å². The van der Waals surface area contributed by atoms with Crippen LogP contribution in [0.25, 0.3) is 0 Å². The van der Waals surface area contributed by atoms with Gasteiger partial charge in [-0.25, -0.2) is 4.98 Å². The topological polar surface area (TPSA) is 59.0 Å². The van der Waals surface area contributed by atoms with Crippen molar-refractivity contribution in [1.82, 2.24) is 20.2 Å². The van der Waals surface area contributed by atoms with E-state index in [1.165, 1.54) is 0 Å². The average Bonchev–Trinajstić information content (AvgIpc) is 2.95. The van der Waals surface area contributed by atoms with E-state index in [2.05, 4.69) is 20.2 Å².